The fourth-order valence-electron chi connectivity index (χ4n) is 1.65. The third-order valence-electron chi connectivity index (χ3n) is 2.27. The van der Waals surface area contributed by atoms with Crippen LogP contribution >= 0.6 is 0 Å². The molecule has 1 aromatic carbocycles. The number of nitrogens with two attached hydrogens (primary N) is 1. The molecule has 0 amide bonds. The van der Waals surface area contributed by atoms with Crippen LogP contribution in [0.4, 0.5) is 0 Å². The Balaban J connectivity index is 0.000000720. The Kier molecular flexibility index (Phi) is 3.09. The lowest BCUT2D eigenvalue weighted by molar-refractivity contribution is -0.702. The van der Waals surface area contributed by atoms with Gasteiger partial charge in [-0.15, -0.1) is 0 Å². The number of aliphatic hydroxyl groups excluding tert-OH is 1. The molecule has 0 aliphatic carbocycles. The van der Waals surface area contributed by atoms with Gasteiger partial charge in [0.05, 0.1) is 6.61 Å². The molecule has 2 nitrogen and oxygen atoms in total. The molecule has 0 bridgehead atoms. The van der Waals surface area contributed by atoms with Gasteiger partial charge in [0, 0.05) is 11.1 Å². The number of hydrogen-bond donors (Lipinski definition) is 2. The Morgan fingerprint density at radius 1 is 1.42 bits per heavy atom. The van der Waals surface area contributed by atoms with Gasteiger partial charge in [0.2, 0.25) is 0 Å². The molecule has 0 saturated heterocycles. The number of hydrogen-bond acceptors (Lipinski definition) is 1. The molecule has 1 aromatic rings. The van der Waals surface area contributed by atoms with E-state index in [1.807, 2.05) is 12.1 Å². The highest BCUT2D eigenvalue weighted by molar-refractivity contribution is 5.30. The molecule has 0 aromatic heterocycles. The summed E-state index contributed by atoms with van der Waals surface area (Å²) in [5.41, 5.74) is 2.67. The zero-order valence-corrected chi connectivity index (χ0v) is 7.46. The van der Waals surface area contributed by atoms with Crippen LogP contribution in [0.5, 0.6) is 0 Å². The molecule has 1 unspecified atom stereocenters. The second kappa shape index (κ2) is 3.90. The largest absolute Gasteiger partial charge is 1.00 e. The zero-order valence-electron chi connectivity index (χ0n) is 6.70. The molecule has 1 atom stereocenters. The number of aliphatic hydroxyl groups is 1. The Morgan fingerprint density at radius 3 is 2.92 bits per heavy atom. The first-order valence-electron chi connectivity index (χ1n) is 3.94. The molecule has 0 saturated carbocycles. The maximum Gasteiger partial charge on any atom is 0.136 e. The minimum Gasteiger partial charge on any atom is -1.00 e. The minimum atomic E-state index is 0. The molecule has 0 radical (unpaired) electrons. The first-order chi connectivity index (χ1) is 5.42. The van der Waals surface area contributed by atoms with Crippen molar-refractivity contribution in [3.8, 4) is 0 Å². The second-order valence-corrected chi connectivity index (χ2v) is 2.93. The number of rotatable bonds is 1. The van der Waals surface area contributed by atoms with Gasteiger partial charge in [0.1, 0.15) is 12.6 Å². The molecule has 12 heavy (non-hydrogen) atoms. The fourth-order valence-corrected chi connectivity index (χ4v) is 1.65. The summed E-state index contributed by atoms with van der Waals surface area (Å²) in [6, 6.07) is 8.58. The van der Waals surface area contributed by atoms with Crippen LogP contribution in [0.15, 0.2) is 24.3 Å². The van der Waals surface area contributed by atoms with E-state index in [1.54, 1.807) is 0 Å². The van der Waals surface area contributed by atoms with Crippen molar-refractivity contribution in [2.75, 3.05) is 6.61 Å². The van der Waals surface area contributed by atoms with Crippen molar-refractivity contribution < 1.29 is 22.8 Å². The van der Waals surface area contributed by atoms with Crippen LogP contribution in [0, 0.1) is 0 Å². The van der Waals surface area contributed by atoms with Gasteiger partial charge in [0.25, 0.3) is 0 Å². The van der Waals surface area contributed by atoms with Crippen molar-refractivity contribution in [1.82, 2.24) is 0 Å². The number of halogens is 1. The molecule has 1 aliphatic heterocycles. The molecule has 3 N–H and O–H groups in total. The molecule has 3 heteroatoms. The Hall–Kier alpha value is -0.570. The summed E-state index contributed by atoms with van der Waals surface area (Å²) < 4.78 is 0. The Bertz CT molecular complexity index is 264. The van der Waals surface area contributed by atoms with Gasteiger partial charge in [-0.25, -0.2) is 0 Å². The van der Waals surface area contributed by atoms with Crippen molar-refractivity contribution in [3.63, 3.8) is 0 Å². The first kappa shape index (κ1) is 9.52. The Labute approximate surface area is 78.0 Å². The lowest BCUT2D eigenvalue weighted by Gasteiger charge is -2.02. The quantitative estimate of drug-likeness (QED) is 0.475. The maximum absolute atomic E-state index is 8.98. The number of benzene rings is 1. The highest BCUT2D eigenvalue weighted by Crippen LogP contribution is 2.18. The zero-order chi connectivity index (χ0) is 7.68. The van der Waals surface area contributed by atoms with E-state index in [0.717, 1.165) is 6.54 Å². The van der Waals surface area contributed by atoms with Crippen LogP contribution in [0.25, 0.3) is 0 Å². The van der Waals surface area contributed by atoms with Gasteiger partial charge < -0.3 is 22.8 Å². The van der Waals surface area contributed by atoms with Crippen molar-refractivity contribution >= 4 is 0 Å². The third-order valence-corrected chi connectivity index (χ3v) is 2.27. The number of quaternary nitrogens is 1. The molecule has 1 heterocycles. The molecule has 0 fully saturated rings. The van der Waals surface area contributed by atoms with Gasteiger partial charge >= 0.3 is 0 Å². The summed E-state index contributed by atoms with van der Waals surface area (Å²) in [4.78, 5) is 0. The fraction of sp³-hybridized carbons (Fsp3) is 0.333. The molecule has 2 rings (SSSR count). The van der Waals surface area contributed by atoms with Gasteiger partial charge in [-0.3, -0.25) is 0 Å². The van der Waals surface area contributed by atoms with E-state index in [0.29, 0.717) is 0 Å². The average Bonchev–Trinajstić information content (AvgIpc) is 2.47. The van der Waals surface area contributed by atoms with Crippen molar-refractivity contribution in [2.24, 2.45) is 0 Å². The van der Waals surface area contributed by atoms with Gasteiger partial charge in [-0.05, 0) is 0 Å². The minimum absolute atomic E-state index is 0. The lowest BCUT2D eigenvalue weighted by atomic mass is 10.1. The normalized spacial score (nSPS) is 19.9. The summed E-state index contributed by atoms with van der Waals surface area (Å²) in [7, 11) is 0. The van der Waals surface area contributed by atoms with E-state index < -0.39 is 0 Å². The summed E-state index contributed by atoms with van der Waals surface area (Å²) in [6.45, 7) is 1.26. The van der Waals surface area contributed by atoms with Crippen LogP contribution in [0.3, 0.4) is 0 Å². The molecule has 66 valence electrons. The van der Waals surface area contributed by atoms with Crippen LogP contribution in [0.2, 0.25) is 0 Å². The first-order valence-corrected chi connectivity index (χ1v) is 3.94. The van der Waals surface area contributed by atoms with E-state index in [9.17, 15) is 0 Å². The van der Waals surface area contributed by atoms with E-state index in [-0.39, 0.29) is 25.1 Å². The number of fused-ring (bicyclic) bond motifs is 1. The summed E-state index contributed by atoms with van der Waals surface area (Å²) in [6.07, 6.45) is 0. The predicted octanol–water partition coefficient (Wildman–Crippen LogP) is -3.20. The van der Waals surface area contributed by atoms with Crippen LogP contribution in [-0.2, 0) is 6.54 Å². The smallest absolute Gasteiger partial charge is 0.136 e. The lowest BCUT2D eigenvalue weighted by Crippen LogP contribution is -3.00. The summed E-state index contributed by atoms with van der Waals surface area (Å²) >= 11 is 0. The Morgan fingerprint density at radius 2 is 2.17 bits per heavy atom. The van der Waals surface area contributed by atoms with Gasteiger partial charge in [-0.1, -0.05) is 24.3 Å². The van der Waals surface area contributed by atoms with Gasteiger partial charge in [-0.2, -0.15) is 0 Å². The van der Waals surface area contributed by atoms with Crippen molar-refractivity contribution in [3.05, 3.63) is 35.4 Å². The molecule has 0 spiro atoms. The van der Waals surface area contributed by atoms with Gasteiger partial charge in [0.15, 0.2) is 0 Å². The third kappa shape index (κ3) is 1.46. The second-order valence-electron chi connectivity index (χ2n) is 2.93. The highest BCUT2D eigenvalue weighted by atomic mass is 35.5. The summed E-state index contributed by atoms with van der Waals surface area (Å²) in [5.74, 6) is 0. The topological polar surface area (TPSA) is 36.8 Å². The highest BCUT2D eigenvalue weighted by Gasteiger charge is 2.23. The van der Waals surface area contributed by atoms with Crippen LogP contribution < -0.4 is 17.7 Å². The van der Waals surface area contributed by atoms with E-state index >= 15 is 0 Å². The molecule has 1 aliphatic rings. The SMILES string of the molecule is OCC1[NH2+]Cc2ccccc21.[Cl-]. The molecular weight excluding hydrogens is 174 g/mol. The van der Waals surface area contributed by atoms with E-state index in [4.69, 9.17) is 5.11 Å². The molecular formula is C9H12ClNO. The predicted molar refractivity (Wildman–Crippen MR) is 41.9 cm³/mol. The van der Waals surface area contributed by atoms with E-state index in [2.05, 4.69) is 17.4 Å². The summed E-state index contributed by atoms with van der Waals surface area (Å²) in [5, 5.41) is 11.2. The van der Waals surface area contributed by atoms with Crippen LogP contribution in [0.1, 0.15) is 17.2 Å². The van der Waals surface area contributed by atoms with Crippen molar-refractivity contribution in [1.29, 1.82) is 0 Å². The monoisotopic (exact) mass is 185 g/mol. The van der Waals surface area contributed by atoms with Crippen molar-refractivity contribution in [2.45, 2.75) is 12.6 Å². The standard InChI is InChI=1S/C9H11NO.ClH/c11-6-9-8-4-2-1-3-7(8)5-10-9;/h1-4,9-11H,5-6H2;1H. The average molecular weight is 186 g/mol. The maximum atomic E-state index is 8.98. The van der Waals surface area contributed by atoms with Crippen LogP contribution in [-0.4, -0.2) is 11.7 Å². The van der Waals surface area contributed by atoms with E-state index in [1.165, 1.54) is 11.1 Å².